The van der Waals surface area contributed by atoms with Gasteiger partial charge in [-0.25, -0.2) is 0 Å². The van der Waals surface area contributed by atoms with Crippen molar-refractivity contribution in [2.24, 2.45) is 0 Å². The molecule has 0 bridgehead atoms. The van der Waals surface area contributed by atoms with E-state index in [1.165, 1.54) is 25.7 Å². The first kappa shape index (κ1) is 13.2. The molecule has 0 atom stereocenters. The second kappa shape index (κ2) is 5.70. The molecule has 3 nitrogen and oxygen atoms in total. The van der Waals surface area contributed by atoms with Crippen LogP contribution in [0.4, 0.5) is 5.69 Å². The highest BCUT2D eigenvalue weighted by molar-refractivity contribution is 5.91. The van der Waals surface area contributed by atoms with Gasteiger partial charge in [0.05, 0.1) is 12.1 Å². The van der Waals surface area contributed by atoms with Crippen molar-refractivity contribution < 1.29 is 4.74 Å². The fourth-order valence-corrected chi connectivity index (χ4v) is 2.99. The van der Waals surface area contributed by atoms with Crippen LogP contribution >= 0.6 is 0 Å². The number of nitrogens with zero attached hydrogens (tertiary/aromatic N) is 1. The molecule has 0 aliphatic heterocycles. The van der Waals surface area contributed by atoms with Crippen LogP contribution in [0.25, 0.3) is 10.9 Å². The minimum Gasteiger partial charge on any atom is -0.494 e. The first-order valence-electron chi connectivity index (χ1n) is 7.61. The molecule has 0 saturated heterocycles. The van der Waals surface area contributed by atoms with Crippen LogP contribution in [-0.4, -0.2) is 11.6 Å². The van der Waals surface area contributed by atoms with Crippen molar-refractivity contribution in [1.82, 2.24) is 4.98 Å². The first-order valence-corrected chi connectivity index (χ1v) is 7.61. The van der Waals surface area contributed by atoms with E-state index in [9.17, 15) is 0 Å². The van der Waals surface area contributed by atoms with Gasteiger partial charge in [0.25, 0.3) is 0 Å². The van der Waals surface area contributed by atoms with Crippen LogP contribution in [0, 0.1) is 0 Å². The van der Waals surface area contributed by atoms with Gasteiger partial charge in [0, 0.05) is 22.7 Å². The Balaban J connectivity index is 1.96. The smallest absolute Gasteiger partial charge is 0.120 e. The van der Waals surface area contributed by atoms with Gasteiger partial charge in [-0.15, -0.1) is 0 Å². The molecule has 0 unspecified atom stereocenters. The molecule has 0 spiro atoms. The third-order valence-electron chi connectivity index (χ3n) is 4.08. The zero-order chi connectivity index (χ0) is 13.9. The fourth-order valence-electron chi connectivity index (χ4n) is 2.99. The summed E-state index contributed by atoms with van der Waals surface area (Å²) in [5, 5.41) is 1.00. The molecule has 3 heteroatoms. The van der Waals surface area contributed by atoms with E-state index in [2.05, 4.69) is 13.0 Å². The van der Waals surface area contributed by atoms with Gasteiger partial charge in [0.1, 0.15) is 5.75 Å². The summed E-state index contributed by atoms with van der Waals surface area (Å²) in [7, 11) is 0. The van der Waals surface area contributed by atoms with E-state index in [1.54, 1.807) is 0 Å². The van der Waals surface area contributed by atoms with Crippen LogP contribution in [0.5, 0.6) is 5.75 Å². The molecule has 1 aliphatic carbocycles. The Hall–Kier alpha value is -1.77. The number of hydrogen-bond donors (Lipinski definition) is 1. The minimum atomic E-state index is 0.595. The highest BCUT2D eigenvalue weighted by Crippen LogP contribution is 2.35. The predicted molar refractivity (Wildman–Crippen MR) is 83.2 cm³/mol. The number of rotatable bonds is 4. The second-order valence-electron chi connectivity index (χ2n) is 5.65. The average Bonchev–Trinajstić information content (AvgIpc) is 2.99. The quantitative estimate of drug-likeness (QED) is 0.902. The SMILES string of the molecule is CCCOc1ccc2nc(C3CCCC3)cc(N)c2c1. The van der Waals surface area contributed by atoms with Crippen LogP contribution in [0.3, 0.4) is 0 Å². The van der Waals surface area contributed by atoms with E-state index in [0.29, 0.717) is 5.92 Å². The summed E-state index contributed by atoms with van der Waals surface area (Å²) < 4.78 is 5.66. The number of ether oxygens (including phenoxy) is 1. The van der Waals surface area contributed by atoms with Crippen molar-refractivity contribution >= 4 is 16.6 Å². The maximum atomic E-state index is 6.23. The van der Waals surface area contributed by atoms with Gasteiger partial charge >= 0.3 is 0 Å². The molecule has 3 rings (SSSR count). The average molecular weight is 270 g/mol. The van der Waals surface area contributed by atoms with Crippen LogP contribution in [0.2, 0.25) is 0 Å². The Morgan fingerprint density at radius 3 is 2.80 bits per heavy atom. The Labute approximate surface area is 120 Å². The number of pyridine rings is 1. The van der Waals surface area contributed by atoms with Crippen molar-refractivity contribution in [2.45, 2.75) is 44.9 Å². The lowest BCUT2D eigenvalue weighted by atomic mass is 10.0. The second-order valence-corrected chi connectivity index (χ2v) is 5.65. The molecule has 1 aromatic heterocycles. The highest BCUT2D eigenvalue weighted by atomic mass is 16.5. The van der Waals surface area contributed by atoms with Gasteiger partial charge in [-0.1, -0.05) is 19.8 Å². The molecule has 1 fully saturated rings. The van der Waals surface area contributed by atoms with Crippen molar-refractivity contribution in [3.05, 3.63) is 30.0 Å². The van der Waals surface area contributed by atoms with Gasteiger partial charge in [0.15, 0.2) is 0 Å². The molecule has 2 aromatic rings. The molecular weight excluding hydrogens is 248 g/mol. The van der Waals surface area contributed by atoms with Gasteiger partial charge in [-0.2, -0.15) is 0 Å². The van der Waals surface area contributed by atoms with E-state index in [1.807, 2.05) is 18.2 Å². The molecular formula is C17H22N2O. The molecule has 1 saturated carbocycles. The Morgan fingerprint density at radius 1 is 1.25 bits per heavy atom. The number of fused-ring (bicyclic) bond motifs is 1. The van der Waals surface area contributed by atoms with Crippen molar-refractivity contribution in [3.8, 4) is 5.75 Å². The largest absolute Gasteiger partial charge is 0.494 e. The molecule has 1 heterocycles. The predicted octanol–water partition coefficient (Wildman–Crippen LogP) is 4.26. The molecule has 0 amide bonds. The maximum Gasteiger partial charge on any atom is 0.120 e. The molecule has 2 N–H and O–H groups in total. The van der Waals surface area contributed by atoms with Gasteiger partial charge in [0.2, 0.25) is 0 Å². The number of anilines is 1. The van der Waals surface area contributed by atoms with Crippen molar-refractivity contribution in [2.75, 3.05) is 12.3 Å². The molecule has 1 aromatic carbocycles. The Bertz CT molecular complexity index is 603. The molecule has 106 valence electrons. The highest BCUT2D eigenvalue weighted by Gasteiger charge is 2.19. The van der Waals surface area contributed by atoms with Crippen molar-refractivity contribution in [1.29, 1.82) is 0 Å². The number of nitrogens with two attached hydrogens (primary N) is 1. The summed E-state index contributed by atoms with van der Waals surface area (Å²) in [5.74, 6) is 1.47. The Morgan fingerprint density at radius 2 is 2.05 bits per heavy atom. The van der Waals surface area contributed by atoms with E-state index in [4.69, 9.17) is 15.5 Å². The van der Waals surface area contributed by atoms with E-state index in [-0.39, 0.29) is 0 Å². The van der Waals surface area contributed by atoms with E-state index < -0.39 is 0 Å². The van der Waals surface area contributed by atoms with Crippen molar-refractivity contribution in [3.63, 3.8) is 0 Å². The fraction of sp³-hybridized carbons (Fsp3) is 0.471. The zero-order valence-corrected chi connectivity index (χ0v) is 12.1. The van der Waals surface area contributed by atoms with Gasteiger partial charge in [-0.05, 0) is 43.5 Å². The summed E-state index contributed by atoms with van der Waals surface area (Å²) in [6.45, 7) is 2.84. The topological polar surface area (TPSA) is 48.1 Å². The lowest BCUT2D eigenvalue weighted by molar-refractivity contribution is 0.318. The standard InChI is InChI=1S/C17H22N2O/c1-2-9-20-13-7-8-16-14(10-13)15(18)11-17(19-16)12-5-3-4-6-12/h7-8,10-12H,2-6,9H2,1H3,(H2,18,19). The summed E-state index contributed by atoms with van der Waals surface area (Å²) in [4.78, 5) is 4.80. The third kappa shape index (κ3) is 2.58. The maximum absolute atomic E-state index is 6.23. The molecule has 0 radical (unpaired) electrons. The Kier molecular flexibility index (Phi) is 3.77. The van der Waals surface area contributed by atoms with Gasteiger partial charge in [-0.3, -0.25) is 4.98 Å². The number of benzene rings is 1. The summed E-state index contributed by atoms with van der Waals surface area (Å²) in [6.07, 6.45) is 6.12. The summed E-state index contributed by atoms with van der Waals surface area (Å²) >= 11 is 0. The van der Waals surface area contributed by atoms with E-state index >= 15 is 0 Å². The molecule has 20 heavy (non-hydrogen) atoms. The zero-order valence-electron chi connectivity index (χ0n) is 12.1. The van der Waals surface area contributed by atoms with Crippen LogP contribution in [0.1, 0.15) is 50.6 Å². The monoisotopic (exact) mass is 270 g/mol. The van der Waals surface area contributed by atoms with E-state index in [0.717, 1.165) is 41.1 Å². The van der Waals surface area contributed by atoms with Crippen LogP contribution in [-0.2, 0) is 0 Å². The van der Waals surface area contributed by atoms with Crippen LogP contribution < -0.4 is 10.5 Å². The third-order valence-corrected chi connectivity index (χ3v) is 4.08. The molecule has 1 aliphatic rings. The lowest BCUT2D eigenvalue weighted by Gasteiger charge is -2.12. The summed E-state index contributed by atoms with van der Waals surface area (Å²) in [5.41, 5.74) is 9.19. The minimum absolute atomic E-state index is 0.595. The van der Waals surface area contributed by atoms with Crippen LogP contribution in [0.15, 0.2) is 24.3 Å². The number of hydrogen-bond acceptors (Lipinski definition) is 3. The number of nitrogen functional groups attached to an aromatic ring is 1. The first-order chi connectivity index (χ1) is 9.78. The summed E-state index contributed by atoms with van der Waals surface area (Å²) in [6, 6.07) is 8.08. The normalized spacial score (nSPS) is 15.8. The number of aromatic nitrogens is 1. The lowest BCUT2D eigenvalue weighted by Crippen LogP contribution is -2.01. The van der Waals surface area contributed by atoms with Gasteiger partial charge < -0.3 is 10.5 Å².